The van der Waals surface area contributed by atoms with Crippen LogP contribution in [0.4, 0.5) is 0 Å². The number of carbonyl (C=O) groups excluding carboxylic acids is 1. The lowest BCUT2D eigenvalue weighted by Gasteiger charge is -2.29. The molecule has 0 radical (unpaired) electrons. The zero-order valence-corrected chi connectivity index (χ0v) is 16.5. The van der Waals surface area contributed by atoms with Gasteiger partial charge in [0.1, 0.15) is 11.5 Å². The van der Waals surface area contributed by atoms with Gasteiger partial charge in [-0.15, -0.1) is 0 Å². The molecule has 1 aromatic carbocycles. The summed E-state index contributed by atoms with van der Waals surface area (Å²) in [6.45, 7) is 3.27. The number of thiophene rings is 1. The Kier molecular flexibility index (Phi) is 5.60. The van der Waals surface area contributed by atoms with Crippen LogP contribution < -0.4 is 10.1 Å². The van der Waals surface area contributed by atoms with Crippen molar-refractivity contribution in [2.24, 2.45) is 0 Å². The fourth-order valence-electron chi connectivity index (χ4n) is 2.61. The normalized spacial score (nSPS) is 13.8. The van der Waals surface area contributed by atoms with Crippen molar-refractivity contribution < 1.29 is 19.1 Å². The first kappa shape index (κ1) is 19.5. The van der Waals surface area contributed by atoms with Crippen molar-refractivity contribution in [3.63, 3.8) is 0 Å². The van der Waals surface area contributed by atoms with E-state index in [2.05, 4.69) is 5.32 Å². The van der Waals surface area contributed by atoms with E-state index in [4.69, 9.17) is 20.8 Å². The van der Waals surface area contributed by atoms with Crippen molar-refractivity contribution in [1.29, 1.82) is 0 Å². The summed E-state index contributed by atoms with van der Waals surface area (Å²) in [5.74, 6) is 0.522. The van der Waals surface area contributed by atoms with Gasteiger partial charge in [-0.3, -0.25) is 4.79 Å². The molecule has 0 bridgehead atoms. The second kappa shape index (κ2) is 7.76. The number of ether oxygens (including phenoxy) is 1. The van der Waals surface area contributed by atoms with Crippen molar-refractivity contribution >= 4 is 28.8 Å². The summed E-state index contributed by atoms with van der Waals surface area (Å²) in [5, 5.41) is 18.3. The summed E-state index contributed by atoms with van der Waals surface area (Å²) in [6, 6.07) is 12.0. The van der Waals surface area contributed by atoms with Gasteiger partial charge in [0.15, 0.2) is 11.2 Å². The number of furan rings is 1. The smallest absolute Gasteiger partial charge is 0.263 e. The van der Waals surface area contributed by atoms with Gasteiger partial charge in [0.05, 0.1) is 12.8 Å². The van der Waals surface area contributed by atoms with E-state index in [0.717, 1.165) is 0 Å². The fourth-order valence-corrected chi connectivity index (χ4v) is 3.46. The Hall–Kier alpha value is -2.28. The summed E-state index contributed by atoms with van der Waals surface area (Å²) in [4.78, 5) is 12.7. The van der Waals surface area contributed by atoms with Gasteiger partial charge in [-0.05, 0) is 67.1 Å². The molecule has 2 heterocycles. The van der Waals surface area contributed by atoms with Crippen LogP contribution in [0.15, 0.2) is 63.9 Å². The Morgan fingerprint density at radius 3 is 2.59 bits per heavy atom. The molecule has 3 rings (SSSR count). The van der Waals surface area contributed by atoms with E-state index in [1.165, 1.54) is 17.6 Å². The molecule has 27 heavy (non-hydrogen) atoms. The van der Waals surface area contributed by atoms with E-state index in [-0.39, 0.29) is 12.5 Å². The molecule has 0 saturated heterocycles. The minimum atomic E-state index is -1.46. The van der Waals surface area contributed by atoms with E-state index in [1.54, 1.807) is 56.3 Å². The van der Waals surface area contributed by atoms with E-state index in [0.29, 0.717) is 22.1 Å². The van der Waals surface area contributed by atoms with Gasteiger partial charge >= 0.3 is 0 Å². The number of hydrogen-bond acceptors (Lipinski definition) is 5. The minimum Gasteiger partial charge on any atom is -0.478 e. The average Bonchev–Trinajstić information content (AvgIpc) is 3.35. The van der Waals surface area contributed by atoms with Gasteiger partial charge in [-0.25, -0.2) is 0 Å². The standard InChI is InChI=1S/C20H20ClNO4S/c1-19(2,26-16-7-5-15(21)6-8-16)18(23)22-13-20(24,14-9-11-27-12-14)17-4-3-10-25-17/h3-12,24H,13H2,1-2H3,(H,22,23). The third kappa shape index (κ3) is 4.35. The predicted octanol–water partition coefficient (Wildman–Crippen LogP) is 4.20. The highest BCUT2D eigenvalue weighted by atomic mass is 35.5. The second-order valence-electron chi connectivity index (χ2n) is 6.60. The molecule has 0 aliphatic rings. The first-order chi connectivity index (χ1) is 12.8. The Labute approximate surface area is 166 Å². The molecule has 142 valence electrons. The largest absolute Gasteiger partial charge is 0.478 e. The highest BCUT2D eigenvalue weighted by molar-refractivity contribution is 7.08. The molecule has 0 saturated carbocycles. The Morgan fingerprint density at radius 2 is 2.00 bits per heavy atom. The number of nitrogens with one attached hydrogen (secondary N) is 1. The van der Waals surface area contributed by atoms with Gasteiger partial charge in [-0.1, -0.05) is 11.6 Å². The summed E-state index contributed by atoms with van der Waals surface area (Å²) < 4.78 is 11.2. The monoisotopic (exact) mass is 405 g/mol. The molecule has 3 aromatic rings. The Balaban J connectivity index is 1.73. The van der Waals surface area contributed by atoms with E-state index < -0.39 is 11.2 Å². The number of aliphatic hydroxyl groups is 1. The van der Waals surface area contributed by atoms with Crippen LogP contribution >= 0.6 is 22.9 Å². The number of benzene rings is 1. The minimum absolute atomic E-state index is 0.0521. The molecular weight excluding hydrogens is 386 g/mol. The average molecular weight is 406 g/mol. The molecule has 5 nitrogen and oxygen atoms in total. The lowest BCUT2D eigenvalue weighted by atomic mass is 9.93. The number of amides is 1. The maximum Gasteiger partial charge on any atom is 0.263 e. The molecule has 1 unspecified atom stereocenters. The lowest BCUT2D eigenvalue weighted by molar-refractivity contribution is -0.135. The zero-order valence-electron chi connectivity index (χ0n) is 14.9. The molecule has 0 aliphatic carbocycles. The molecule has 0 spiro atoms. The Morgan fingerprint density at radius 1 is 1.26 bits per heavy atom. The molecule has 0 aliphatic heterocycles. The predicted molar refractivity (Wildman–Crippen MR) is 105 cm³/mol. The van der Waals surface area contributed by atoms with Crippen molar-refractivity contribution in [2.75, 3.05) is 6.54 Å². The second-order valence-corrected chi connectivity index (χ2v) is 7.82. The van der Waals surface area contributed by atoms with Crippen molar-refractivity contribution in [2.45, 2.75) is 25.0 Å². The number of hydrogen-bond donors (Lipinski definition) is 2. The van der Waals surface area contributed by atoms with Gasteiger partial charge in [0.2, 0.25) is 0 Å². The molecule has 0 fully saturated rings. The molecule has 2 aromatic heterocycles. The van der Waals surface area contributed by atoms with Crippen LogP contribution in [0.2, 0.25) is 5.02 Å². The molecule has 1 atom stereocenters. The highest BCUT2D eigenvalue weighted by Crippen LogP contribution is 2.31. The van der Waals surface area contributed by atoms with Gasteiger partial charge in [0.25, 0.3) is 5.91 Å². The topological polar surface area (TPSA) is 71.7 Å². The van der Waals surface area contributed by atoms with Crippen LogP contribution in [0, 0.1) is 0 Å². The Bertz CT molecular complexity index is 839. The van der Waals surface area contributed by atoms with Crippen LogP contribution in [-0.4, -0.2) is 23.2 Å². The molecule has 1 amide bonds. The number of halogens is 1. The summed E-state index contributed by atoms with van der Waals surface area (Å²) >= 11 is 7.33. The number of rotatable bonds is 7. The van der Waals surface area contributed by atoms with E-state index >= 15 is 0 Å². The van der Waals surface area contributed by atoms with Crippen LogP contribution in [-0.2, 0) is 10.4 Å². The van der Waals surface area contributed by atoms with E-state index in [1.807, 2.05) is 10.8 Å². The fraction of sp³-hybridized carbons (Fsp3) is 0.250. The molecule has 7 heteroatoms. The summed E-state index contributed by atoms with van der Waals surface area (Å²) in [7, 11) is 0. The highest BCUT2D eigenvalue weighted by Gasteiger charge is 2.38. The third-order valence-corrected chi connectivity index (χ3v) is 5.10. The van der Waals surface area contributed by atoms with Crippen LogP contribution in [0.1, 0.15) is 25.2 Å². The summed E-state index contributed by atoms with van der Waals surface area (Å²) in [5.41, 5.74) is -1.96. The molecular formula is C20H20ClNO4S. The van der Waals surface area contributed by atoms with Crippen molar-refractivity contribution in [1.82, 2.24) is 5.32 Å². The third-order valence-electron chi connectivity index (χ3n) is 4.17. The SMILES string of the molecule is CC(C)(Oc1ccc(Cl)cc1)C(=O)NCC(O)(c1ccsc1)c1ccco1. The van der Waals surface area contributed by atoms with Crippen LogP contribution in [0.3, 0.4) is 0 Å². The van der Waals surface area contributed by atoms with Crippen molar-refractivity contribution in [3.8, 4) is 5.75 Å². The quantitative estimate of drug-likeness (QED) is 0.617. The van der Waals surface area contributed by atoms with Crippen LogP contribution in [0.25, 0.3) is 0 Å². The van der Waals surface area contributed by atoms with Crippen molar-refractivity contribution in [3.05, 3.63) is 75.8 Å². The molecule has 2 N–H and O–H groups in total. The van der Waals surface area contributed by atoms with Gasteiger partial charge < -0.3 is 19.6 Å². The number of carbonyl (C=O) groups is 1. The van der Waals surface area contributed by atoms with Gasteiger partial charge in [0, 0.05) is 10.6 Å². The maximum absolute atomic E-state index is 12.7. The zero-order chi connectivity index (χ0) is 19.5. The summed E-state index contributed by atoms with van der Waals surface area (Å²) in [6.07, 6.45) is 1.49. The first-order valence-corrected chi connectivity index (χ1v) is 9.65. The maximum atomic E-state index is 12.7. The first-order valence-electron chi connectivity index (χ1n) is 8.33. The van der Waals surface area contributed by atoms with Gasteiger partial charge in [-0.2, -0.15) is 11.3 Å². The van der Waals surface area contributed by atoms with Crippen LogP contribution in [0.5, 0.6) is 5.75 Å². The lowest BCUT2D eigenvalue weighted by Crippen LogP contribution is -2.51. The van der Waals surface area contributed by atoms with E-state index in [9.17, 15) is 9.90 Å².